The summed E-state index contributed by atoms with van der Waals surface area (Å²) < 4.78 is 10.3. The molecule has 0 radical (unpaired) electrons. The molecule has 166 valence electrons. The van der Waals surface area contributed by atoms with Crippen LogP contribution in [0.25, 0.3) is 0 Å². The van der Waals surface area contributed by atoms with E-state index in [1.165, 1.54) is 12.7 Å². The summed E-state index contributed by atoms with van der Waals surface area (Å²) in [5.74, 6) is 0.0442. The van der Waals surface area contributed by atoms with Gasteiger partial charge in [0, 0.05) is 36.8 Å². The number of cyclic esters (lactones) is 1. The first-order valence-electron chi connectivity index (χ1n) is 10.9. The van der Waals surface area contributed by atoms with E-state index in [0.29, 0.717) is 29.0 Å². The van der Waals surface area contributed by atoms with Crippen molar-refractivity contribution in [2.24, 2.45) is 0 Å². The van der Waals surface area contributed by atoms with Crippen LogP contribution in [0, 0.1) is 18.3 Å². The van der Waals surface area contributed by atoms with Crippen molar-refractivity contribution in [3.05, 3.63) is 63.7 Å². The zero-order chi connectivity index (χ0) is 22.7. The van der Waals surface area contributed by atoms with Gasteiger partial charge in [0.05, 0.1) is 18.2 Å². The normalized spacial score (nSPS) is 16.2. The Morgan fingerprint density at radius 3 is 2.78 bits per heavy atom. The molecular weight excluding hydrogens is 406 g/mol. The van der Waals surface area contributed by atoms with Crippen LogP contribution in [-0.2, 0) is 17.8 Å². The Morgan fingerprint density at radius 2 is 2.06 bits per heavy atom. The van der Waals surface area contributed by atoms with Gasteiger partial charge >= 0.3 is 5.97 Å². The topological polar surface area (TPSA) is 91.7 Å². The van der Waals surface area contributed by atoms with Gasteiger partial charge in [0.1, 0.15) is 18.4 Å². The lowest BCUT2D eigenvalue weighted by molar-refractivity contribution is 0.0534. The molecule has 2 aromatic rings. The number of amides is 1. The standard InChI is InChI=1S/C25H27N3O4/c1-16-17(5-6-21-22(16)15-32-25(21)30)7-10-28-11-8-20(9-12-28)27-24(29)18-3-4-19(14-26)23(13-18)31-2/h3-6,13,20H,7-12,15H2,1-2H3,(H,27,29). The summed E-state index contributed by atoms with van der Waals surface area (Å²) in [6, 6.07) is 11.0. The average molecular weight is 434 g/mol. The molecule has 1 amide bonds. The molecule has 1 fully saturated rings. The van der Waals surface area contributed by atoms with E-state index in [0.717, 1.165) is 50.0 Å². The smallest absolute Gasteiger partial charge is 0.338 e. The fourth-order valence-electron chi connectivity index (χ4n) is 4.44. The SMILES string of the molecule is COc1cc(C(=O)NC2CCN(CCc3ccc4c(c3C)COC4=O)CC2)ccc1C#N. The number of nitrogens with zero attached hydrogens (tertiary/aromatic N) is 2. The van der Waals surface area contributed by atoms with Crippen molar-refractivity contribution in [2.45, 2.75) is 38.8 Å². The van der Waals surface area contributed by atoms with Crippen molar-refractivity contribution in [3.8, 4) is 11.8 Å². The molecule has 0 aromatic heterocycles. The second-order valence-corrected chi connectivity index (χ2v) is 8.32. The highest BCUT2D eigenvalue weighted by Crippen LogP contribution is 2.26. The summed E-state index contributed by atoms with van der Waals surface area (Å²) in [5, 5.41) is 12.2. The number of methoxy groups -OCH3 is 1. The zero-order valence-corrected chi connectivity index (χ0v) is 18.4. The van der Waals surface area contributed by atoms with E-state index in [1.54, 1.807) is 18.2 Å². The van der Waals surface area contributed by atoms with E-state index in [4.69, 9.17) is 14.7 Å². The van der Waals surface area contributed by atoms with Crippen LogP contribution < -0.4 is 10.1 Å². The molecule has 2 aliphatic rings. The lowest BCUT2D eigenvalue weighted by atomic mass is 9.96. The number of benzene rings is 2. The number of carbonyl (C=O) groups is 2. The maximum absolute atomic E-state index is 12.6. The van der Waals surface area contributed by atoms with E-state index in [-0.39, 0.29) is 17.9 Å². The third-order valence-corrected chi connectivity index (χ3v) is 6.48. The van der Waals surface area contributed by atoms with Crippen LogP contribution in [0.2, 0.25) is 0 Å². The second-order valence-electron chi connectivity index (χ2n) is 8.32. The molecule has 7 nitrogen and oxygen atoms in total. The molecule has 7 heteroatoms. The van der Waals surface area contributed by atoms with E-state index < -0.39 is 0 Å². The van der Waals surface area contributed by atoms with Gasteiger partial charge in [-0.3, -0.25) is 4.79 Å². The summed E-state index contributed by atoms with van der Waals surface area (Å²) in [6.07, 6.45) is 2.71. The number of hydrogen-bond donors (Lipinski definition) is 1. The summed E-state index contributed by atoms with van der Waals surface area (Å²) in [7, 11) is 1.49. The van der Waals surface area contributed by atoms with E-state index in [1.807, 2.05) is 12.1 Å². The highest BCUT2D eigenvalue weighted by atomic mass is 16.5. The van der Waals surface area contributed by atoms with Crippen LogP contribution in [0.4, 0.5) is 0 Å². The van der Waals surface area contributed by atoms with Gasteiger partial charge < -0.3 is 19.7 Å². The lowest BCUT2D eigenvalue weighted by Gasteiger charge is -2.32. The number of rotatable bonds is 6. The van der Waals surface area contributed by atoms with Gasteiger partial charge in [0.2, 0.25) is 0 Å². The van der Waals surface area contributed by atoms with Crippen LogP contribution in [-0.4, -0.2) is 49.6 Å². The highest BCUT2D eigenvalue weighted by Gasteiger charge is 2.25. The summed E-state index contributed by atoms with van der Waals surface area (Å²) in [4.78, 5) is 26.8. The number of hydrogen-bond acceptors (Lipinski definition) is 6. The van der Waals surface area contributed by atoms with Crippen molar-refractivity contribution in [1.29, 1.82) is 5.26 Å². The van der Waals surface area contributed by atoms with Gasteiger partial charge in [-0.15, -0.1) is 0 Å². The van der Waals surface area contributed by atoms with E-state index in [2.05, 4.69) is 23.2 Å². The molecule has 2 heterocycles. The van der Waals surface area contributed by atoms with Crippen LogP contribution in [0.1, 0.15) is 55.8 Å². The van der Waals surface area contributed by atoms with Crippen LogP contribution in [0.15, 0.2) is 30.3 Å². The second kappa shape index (κ2) is 9.41. The molecule has 2 aromatic carbocycles. The number of nitrogens with one attached hydrogen (secondary N) is 1. The van der Waals surface area contributed by atoms with Gasteiger partial charge in [0.15, 0.2) is 0 Å². The first-order valence-corrected chi connectivity index (χ1v) is 10.9. The minimum atomic E-state index is -0.224. The Morgan fingerprint density at radius 1 is 1.28 bits per heavy atom. The first kappa shape index (κ1) is 21.8. The zero-order valence-electron chi connectivity index (χ0n) is 18.4. The highest BCUT2D eigenvalue weighted by molar-refractivity contribution is 5.95. The fraction of sp³-hybridized carbons (Fsp3) is 0.400. The van der Waals surface area contributed by atoms with Crippen molar-refractivity contribution < 1.29 is 19.1 Å². The number of carbonyl (C=O) groups excluding carboxylic acids is 2. The fourth-order valence-corrected chi connectivity index (χ4v) is 4.44. The van der Waals surface area contributed by atoms with Gasteiger partial charge in [-0.2, -0.15) is 5.26 Å². The monoisotopic (exact) mass is 433 g/mol. The average Bonchev–Trinajstić information content (AvgIpc) is 3.20. The maximum Gasteiger partial charge on any atom is 0.338 e. The third kappa shape index (κ3) is 4.46. The molecule has 32 heavy (non-hydrogen) atoms. The number of nitriles is 1. The summed E-state index contributed by atoms with van der Waals surface area (Å²) >= 11 is 0. The van der Waals surface area contributed by atoms with Gasteiger partial charge in [-0.25, -0.2) is 4.79 Å². The number of esters is 1. The molecular formula is C25H27N3O4. The predicted molar refractivity (Wildman–Crippen MR) is 119 cm³/mol. The Bertz CT molecular complexity index is 1080. The first-order chi connectivity index (χ1) is 15.5. The number of likely N-dealkylation sites (tertiary alicyclic amines) is 1. The Hall–Kier alpha value is -3.37. The predicted octanol–water partition coefficient (Wildman–Crippen LogP) is 2.98. The Balaban J connectivity index is 1.27. The van der Waals surface area contributed by atoms with E-state index >= 15 is 0 Å². The largest absolute Gasteiger partial charge is 0.495 e. The molecule has 1 N–H and O–H groups in total. The lowest BCUT2D eigenvalue weighted by Crippen LogP contribution is -2.45. The Kier molecular flexibility index (Phi) is 6.42. The molecule has 0 unspecified atom stereocenters. The van der Waals surface area contributed by atoms with Gasteiger partial charge in [-0.1, -0.05) is 6.07 Å². The summed E-state index contributed by atoms with van der Waals surface area (Å²) in [6.45, 7) is 5.24. The van der Waals surface area contributed by atoms with Gasteiger partial charge in [-0.05, 0) is 61.6 Å². The van der Waals surface area contributed by atoms with E-state index in [9.17, 15) is 9.59 Å². The number of ether oxygens (including phenoxy) is 2. The Labute approximate surface area is 187 Å². The van der Waals surface area contributed by atoms with Crippen molar-refractivity contribution in [3.63, 3.8) is 0 Å². The number of piperidine rings is 1. The summed E-state index contributed by atoms with van der Waals surface area (Å²) in [5.41, 5.74) is 5.05. The van der Waals surface area contributed by atoms with Crippen molar-refractivity contribution in [1.82, 2.24) is 10.2 Å². The van der Waals surface area contributed by atoms with Crippen molar-refractivity contribution in [2.75, 3.05) is 26.7 Å². The maximum atomic E-state index is 12.6. The molecule has 0 aliphatic carbocycles. The number of fused-ring (bicyclic) bond motifs is 1. The van der Waals surface area contributed by atoms with Crippen molar-refractivity contribution >= 4 is 11.9 Å². The molecule has 0 spiro atoms. The molecule has 0 saturated carbocycles. The molecule has 4 rings (SSSR count). The third-order valence-electron chi connectivity index (χ3n) is 6.48. The quantitative estimate of drug-likeness (QED) is 0.705. The minimum Gasteiger partial charge on any atom is -0.495 e. The van der Waals surface area contributed by atoms with Gasteiger partial charge in [0.25, 0.3) is 5.91 Å². The van der Waals surface area contributed by atoms with Crippen LogP contribution in [0.3, 0.4) is 0 Å². The molecule has 2 aliphatic heterocycles. The molecule has 0 bridgehead atoms. The van der Waals surface area contributed by atoms with Crippen LogP contribution >= 0.6 is 0 Å². The molecule has 1 saturated heterocycles. The minimum absolute atomic E-state index is 0.130. The van der Waals surface area contributed by atoms with Crippen LogP contribution in [0.5, 0.6) is 5.75 Å². The molecule has 0 atom stereocenters.